The summed E-state index contributed by atoms with van der Waals surface area (Å²) in [7, 11) is 0. The standard InChI is InChI=1S/C23H20N2O4S/c1-15(23(29)25-19-10-9-16-5-2-3-6-17(16)13-19)30-20-8-4-7-18(14-20)24-21(26)11-12-22(27)28/h2-15H,1H3,(H,24,26)(H,25,29)(H,27,28)/b12-11+. The number of hydrogen-bond acceptors (Lipinski definition) is 4. The van der Waals surface area contributed by atoms with Gasteiger partial charge < -0.3 is 15.7 Å². The fraction of sp³-hybridized carbons (Fsp3) is 0.0870. The van der Waals surface area contributed by atoms with Gasteiger partial charge in [0.1, 0.15) is 0 Å². The number of carboxylic acid groups (broad SMARTS) is 1. The Kier molecular flexibility index (Phi) is 6.87. The lowest BCUT2D eigenvalue weighted by Gasteiger charge is -2.13. The predicted molar refractivity (Wildman–Crippen MR) is 120 cm³/mol. The summed E-state index contributed by atoms with van der Waals surface area (Å²) >= 11 is 1.36. The Bertz CT molecular complexity index is 1130. The van der Waals surface area contributed by atoms with Crippen molar-refractivity contribution in [2.24, 2.45) is 0 Å². The first-order valence-electron chi connectivity index (χ1n) is 9.19. The van der Waals surface area contributed by atoms with E-state index in [1.54, 1.807) is 18.2 Å². The van der Waals surface area contributed by atoms with Gasteiger partial charge in [0.2, 0.25) is 11.8 Å². The molecule has 3 N–H and O–H groups in total. The van der Waals surface area contributed by atoms with Gasteiger partial charge in [-0.25, -0.2) is 4.79 Å². The zero-order chi connectivity index (χ0) is 21.5. The Morgan fingerprint density at radius 1 is 0.867 bits per heavy atom. The lowest BCUT2D eigenvalue weighted by molar-refractivity contribution is -0.131. The van der Waals surface area contributed by atoms with Gasteiger partial charge >= 0.3 is 5.97 Å². The summed E-state index contributed by atoms with van der Waals surface area (Å²) < 4.78 is 0. The number of nitrogens with one attached hydrogen (secondary N) is 2. The molecular weight excluding hydrogens is 400 g/mol. The fourth-order valence-corrected chi connectivity index (χ4v) is 3.67. The average Bonchev–Trinajstić information content (AvgIpc) is 2.72. The number of amides is 2. The monoisotopic (exact) mass is 420 g/mol. The molecule has 3 aromatic rings. The third kappa shape index (κ3) is 5.96. The number of anilines is 2. The Morgan fingerprint density at radius 3 is 2.37 bits per heavy atom. The minimum Gasteiger partial charge on any atom is -0.478 e. The second-order valence-electron chi connectivity index (χ2n) is 6.50. The van der Waals surface area contributed by atoms with Crippen LogP contribution in [-0.4, -0.2) is 28.1 Å². The van der Waals surface area contributed by atoms with E-state index in [1.165, 1.54) is 11.8 Å². The molecule has 3 aromatic carbocycles. The summed E-state index contributed by atoms with van der Waals surface area (Å²) in [6, 6.07) is 20.7. The smallest absolute Gasteiger partial charge is 0.328 e. The van der Waals surface area contributed by atoms with Gasteiger partial charge in [0.25, 0.3) is 0 Å². The molecule has 0 aliphatic rings. The van der Waals surface area contributed by atoms with Crippen LogP contribution in [0.4, 0.5) is 11.4 Å². The van der Waals surface area contributed by atoms with Crippen molar-refractivity contribution in [1.82, 2.24) is 0 Å². The summed E-state index contributed by atoms with van der Waals surface area (Å²) in [5, 5.41) is 15.9. The Balaban J connectivity index is 1.61. The predicted octanol–water partition coefficient (Wildman–Crippen LogP) is 4.54. The molecule has 2 amide bonds. The van der Waals surface area contributed by atoms with Gasteiger partial charge in [-0.1, -0.05) is 36.4 Å². The van der Waals surface area contributed by atoms with Crippen LogP contribution >= 0.6 is 11.8 Å². The zero-order valence-corrected chi connectivity index (χ0v) is 17.0. The van der Waals surface area contributed by atoms with E-state index in [1.807, 2.05) is 55.5 Å². The van der Waals surface area contributed by atoms with Crippen LogP contribution < -0.4 is 10.6 Å². The number of thioether (sulfide) groups is 1. The molecule has 6 nitrogen and oxygen atoms in total. The second kappa shape index (κ2) is 9.76. The molecule has 0 bridgehead atoms. The van der Waals surface area contributed by atoms with Gasteiger partial charge in [0, 0.05) is 28.4 Å². The highest BCUT2D eigenvalue weighted by Gasteiger charge is 2.15. The number of carboxylic acids is 1. The molecule has 0 spiro atoms. The highest BCUT2D eigenvalue weighted by Crippen LogP contribution is 2.27. The van der Waals surface area contributed by atoms with Gasteiger partial charge in [-0.15, -0.1) is 11.8 Å². The minimum atomic E-state index is -1.19. The highest BCUT2D eigenvalue weighted by molar-refractivity contribution is 8.00. The van der Waals surface area contributed by atoms with Crippen LogP contribution in [0.1, 0.15) is 6.92 Å². The SMILES string of the molecule is CC(Sc1cccc(NC(=O)/C=C/C(=O)O)c1)C(=O)Nc1ccc2ccccc2c1. The largest absolute Gasteiger partial charge is 0.478 e. The maximum absolute atomic E-state index is 12.6. The lowest BCUT2D eigenvalue weighted by atomic mass is 10.1. The molecule has 30 heavy (non-hydrogen) atoms. The third-order valence-electron chi connectivity index (χ3n) is 4.18. The molecule has 0 fully saturated rings. The van der Waals surface area contributed by atoms with Crippen molar-refractivity contribution in [3.05, 3.63) is 78.9 Å². The van der Waals surface area contributed by atoms with Crippen molar-refractivity contribution in [2.45, 2.75) is 17.1 Å². The molecule has 0 heterocycles. The first kappa shape index (κ1) is 21.1. The van der Waals surface area contributed by atoms with Crippen molar-refractivity contribution in [3.8, 4) is 0 Å². The van der Waals surface area contributed by atoms with Gasteiger partial charge in [0.05, 0.1) is 5.25 Å². The summed E-state index contributed by atoms with van der Waals surface area (Å²) in [6.45, 7) is 1.81. The van der Waals surface area contributed by atoms with Gasteiger partial charge in [-0.05, 0) is 48.0 Å². The van der Waals surface area contributed by atoms with Gasteiger partial charge in [-0.3, -0.25) is 9.59 Å². The van der Waals surface area contributed by atoms with Crippen molar-refractivity contribution < 1.29 is 19.5 Å². The van der Waals surface area contributed by atoms with Crippen LogP contribution in [0.3, 0.4) is 0 Å². The second-order valence-corrected chi connectivity index (χ2v) is 7.91. The molecule has 0 aliphatic carbocycles. The van der Waals surface area contributed by atoms with Crippen LogP contribution in [0.25, 0.3) is 10.8 Å². The molecule has 3 rings (SSSR count). The van der Waals surface area contributed by atoms with Crippen molar-refractivity contribution >= 4 is 51.7 Å². The summed E-state index contributed by atoms with van der Waals surface area (Å²) in [5.41, 5.74) is 1.25. The summed E-state index contributed by atoms with van der Waals surface area (Å²) in [5.74, 6) is -1.86. The number of rotatable bonds is 7. The number of carbonyl (C=O) groups is 3. The van der Waals surface area contributed by atoms with Crippen LogP contribution in [0.2, 0.25) is 0 Å². The maximum Gasteiger partial charge on any atom is 0.328 e. The van der Waals surface area contributed by atoms with Crippen LogP contribution in [0, 0.1) is 0 Å². The third-order valence-corrected chi connectivity index (χ3v) is 5.27. The Hall–Kier alpha value is -3.58. The topological polar surface area (TPSA) is 95.5 Å². The molecule has 0 aromatic heterocycles. The quantitative estimate of drug-likeness (QED) is 0.385. The first-order chi connectivity index (χ1) is 14.4. The van der Waals surface area contributed by atoms with Gasteiger partial charge in [0.15, 0.2) is 0 Å². The van der Waals surface area contributed by atoms with Crippen LogP contribution in [0.5, 0.6) is 0 Å². The molecular formula is C23H20N2O4S. The molecule has 7 heteroatoms. The van der Waals surface area contributed by atoms with Crippen molar-refractivity contribution in [3.63, 3.8) is 0 Å². The van der Waals surface area contributed by atoms with E-state index in [9.17, 15) is 14.4 Å². The number of carbonyl (C=O) groups excluding carboxylic acids is 2. The molecule has 152 valence electrons. The summed E-state index contributed by atoms with van der Waals surface area (Å²) in [6.07, 6.45) is 1.72. The molecule has 0 radical (unpaired) electrons. The number of hydrogen-bond donors (Lipinski definition) is 3. The highest BCUT2D eigenvalue weighted by atomic mass is 32.2. The molecule has 1 unspecified atom stereocenters. The van der Waals surface area contributed by atoms with Crippen LogP contribution in [0.15, 0.2) is 83.8 Å². The number of benzene rings is 3. The molecule has 0 saturated heterocycles. The maximum atomic E-state index is 12.6. The van der Waals surface area contributed by atoms with Crippen LogP contribution in [-0.2, 0) is 14.4 Å². The number of aliphatic carboxylic acids is 1. The van der Waals surface area contributed by atoms with E-state index >= 15 is 0 Å². The Morgan fingerprint density at radius 2 is 1.60 bits per heavy atom. The van der Waals surface area contributed by atoms with E-state index in [-0.39, 0.29) is 11.2 Å². The minimum absolute atomic E-state index is 0.130. The summed E-state index contributed by atoms with van der Waals surface area (Å²) in [4.78, 5) is 35.6. The lowest BCUT2D eigenvalue weighted by Crippen LogP contribution is -2.22. The Labute approximate surface area is 178 Å². The van der Waals surface area contributed by atoms with E-state index in [2.05, 4.69) is 10.6 Å². The number of fused-ring (bicyclic) bond motifs is 1. The molecule has 0 saturated carbocycles. The van der Waals surface area contributed by atoms with E-state index < -0.39 is 11.9 Å². The van der Waals surface area contributed by atoms with E-state index in [0.717, 1.165) is 33.5 Å². The first-order valence-corrected chi connectivity index (χ1v) is 10.1. The normalized spacial score (nSPS) is 11.9. The molecule has 1 atom stereocenters. The van der Waals surface area contributed by atoms with E-state index in [0.29, 0.717) is 5.69 Å². The van der Waals surface area contributed by atoms with Gasteiger partial charge in [-0.2, -0.15) is 0 Å². The van der Waals surface area contributed by atoms with Crippen molar-refractivity contribution in [1.29, 1.82) is 0 Å². The van der Waals surface area contributed by atoms with Crippen molar-refractivity contribution in [2.75, 3.05) is 10.6 Å². The zero-order valence-electron chi connectivity index (χ0n) is 16.2. The van der Waals surface area contributed by atoms with E-state index in [4.69, 9.17) is 5.11 Å². The average molecular weight is 420 g/mol. The molecule has 0 aliphatic heterocycles. The fourth-order valence-electron chi connectivity index (χ4n) is 2.75.